The van der Waals surface area contributed by atoms with Crippen LogP contribution in [0.5, 0.6) is 5.75 Å². The summed E-state index contributed by atoms with van der Waals surface area (Å²) in [7, 11) is 1.72. The number of nitrogens with zero attached hydrogens (tertiary/aromatic N) is 1. The smallest absolute Gasteiger partial charge is 0.118 e. The molecule has 2 aliphatic rings. The third kappa shape index (κ3) is 2.52. The molecule has 98 valence electrons. The fourth-order valence-corrected chi connectivity index (χ4v) is 3.29. The fourth-order valence-electron chi connectivity index (χ4n) is 3.29. The van der Waals surface area contributed by atoms with Gasteiger partial charge in [0.2, 0.25) is 0 Å². The van der Waals surface area contributed by atoms with Crippen molar-refractivity contribution in [3.05, 3.63) is 29.8 Å². The average Bonchev–Trinajstić information content (AvgIpc) is 2.82. The lowest BCUT2D eigenvalue weighted by Crippen LogP contribution is -2.35. The molecule has 3 heteroatoms. The highest BCUT2D eigenvalue weighted by atomic mass is 16.5. The zero-order valence-corrected chi connectivity index (χ0v) is 11.1. The van der Waals surface area contributed by atoms with Gasteiger partial charge in [-0.3, -0.25) is 4.90 Å². The van der Waals surface area contributed by atoms with Crippen molar-refractivity contribution in [3.8, 4) is 5.75 Å². The van der Waals surface area contributed by atoms with E-state index in [2.05, 4.69) is 34.5 Å². The van der Waals surface area contributed by atoms with Crippen LogP contribution in [0.15, 0.2) is 24.3 Å². The number of piperidine rings is 1. The number of nitrogens with one attached hydrogen (secondary N) is 1. The van der Waals surface area contributed by atoms with Gasteiger partial charge in [-0.05, 0) is 49.0 Å². The van der Waals surface area contributed by atoms with Crippen molar-refractivity contribution in [2.45, 2.75) is 13.0 Å². The molecule has 0 aliphatic carbocycles. The van der Waals surface area contributed by atoms with Crippen molar-refractivity contribution in [3.63, 3.8) is 0 Å². The summed E-state index contributed by atoms with van der Waals surface area (Å²) >= 11 is 0. The quantitative estimate of drug-likeness (QED) is 0.879. The first-order chi connectivity index (χ1) is 8.85. The highest BCUT2D eigenvalue weighted by molar-refractivity contribution is 5.27. The van der Waals surface area contributed by atoms with Crippen LogP contribution in [0.1, 0.15) is 12.0 Å². The van der Waals surface area contributed by atoms with Crippen LogP contribution in [-0.4, -0.2) is 38.2 Å². The van der Waals surface area contributed by atoms with E-state index in [4.69, 9.17) is 4.74 Å². The molecular weight excluding hydrogens is 224 g/mol. The predicted octanol–water partition coefficient (Wildman–Crippen LogP) is 1.74. The number of likely N-dealkylation sites (tertiary alicyclic amines) is 1. The molecule has 0 radical (unpaired) electrons. The Morgan fingerprint density at radius 3 is 2.72 bits per heavy atom. The maximum Gasteiger partial charge on any atom is 0.118 e. The molecule has 2 saturated heterocycles. The van der Waals surface area contributed by atoms with Crippen LogP contribution in [0.25, 0.3) is 0 Å². The van der Waals surface area contributed by atoms with E-state index in [9.17, 15) is 0 Å². The highest BCUT2D eigenvalue weighted by Gasteiger charge is 2.33. The number of hydrogen-bond acceptors (Lipinski definition) is 3. The van der Waals surface area contributed by atoms with Crippen LogP contribution in [0.2, 0.25) is 0 Å². The van der Waals surface area contributed by atoms with Crippen molar-refractivity contribution in [1.82, 2.24) is 10.2 Å². The Labute approximate surface area is 109 Å². The molecule has 0 amide bonds. The van der Waals surface area contributed by atoms with Gasteiger partial charge in [0.25, 0.3) is 0 Å². The first kappa shape index (κ1) is 12.0. The second kappa shape index (κ2) is 5.29. The van der Waals surface area contributed by atoms with E-state index < -0.39 is 0 Å². The van der Waals surface area contributed by atoms with Gasteiger partial charge in [0.1, 0.15) is 5.75 Å². The van der Waals surface area contributed by atoms with Crippen molar-refractivity contribution in [2.24, 2.45) is 11.8 Å². The number of benzene rings is 1. The zero-order chi connectivity index (χ0) is 12.4. The molecule has 1 aromatic rings. The lowest BCUT2D eigenvalue weighted by atomic mass is 9.90. The Balaban J connectivity index is 1.59. The molecule has 1 aromatic carbocycles. The molecule has 2 aliphatic heterocycles. The van der Waals surface area contributed by atoms with Gasteiger partial charge in [-0.2, -0.15) is 0 Å². The number of fused-ring (bicyclic) bond motifs is 1. The summed E-state index contributed by atoms with van der Waals surface area (Å²) in [5.41, 5.74) is 1.39. The minimum Gasteiger partial charge on any atom is -0.497 e. The van der Waals surface area contributed by atoms with E-state index in [0.29, 0.717) is 0 Å². The zero-order valence-electron chi connectivity index (χ0n) is 11.1. The van der Waals surface area contributed by atoms with E-state index in [-0.39, 0.29) is 0 Å². The minimum absolute atomic E-state index is 0.872. The van der Waals surface area contributed by atoms with Crippen molar-refractivity contribution in [1.29, 1.82) is 0 Å². The summed E-state index contributed by atoms with van der Waals surface area (Å²) in [6.07, 6.45) is 1.35. The van der Waals surface area contributed by atoms with Crippen LogP contribution >= 0.6 is 0 Å². The number of hydrogen-bond donors (Lipinski definition) is 1. The normalized spacial score (nSPS) is 28.1. The highest BCUT2D eigenvalue weighted by Crippen LogP contribution is 2.29. The Kier molecular flexibility index (Phi) is 3.52. The van der Waals surface area contributed by atoms with Crippen molar-refractivity contribution >= 4 is 0 Å². The van der Waals surface area contributed by atoms with Gasteiger partial charge in [-0.1, -0.05) is 12.1 Å². The first-order valence-electron chi connectivity index (χ1n) is 6.91. The van der Waals surface area contributed by atoms with Crippen molar-refractivity contribution in [2.75, 3.05) is 33.3 Å². The third-order valence-corrected chi connectivity index (χ3v) is 4.32. The van der Waals surface area contributed by atoms with Gasteiger partial charge >= 0.3 is 0 Å². The van der Waals surface area contributed by atoms with Gasteiger partial charge in [0.05, 0.1) is 7.11 Å². The largest absolute Gasteiger partial charge is 0.497 e. The first-order valence-corrected chi connectivity index (χ1v) is 6.91. The van der Waals surface area contributed by atoms with E-state index in [0.717, 1.165) is 24.1 Å². The fraction of sp³-hybridized carbons (Fsp3) is 0.600. The maximum absolute atomic E-state index is 5.19. The van der Waals surface area contributed by atoms with Gasteiger partial charge < -0.3 is 10.1 Å². The number of methoxy groups -OCH3 is 1. The Morgan fingerprint density at radius 1 is 1.22 bits per heavy atom. The maximum atomic E-state index is 5.19. The van der Waals surface area contributed by atoms with Gasteiger partial charge in [-0.25, -0.2) is 0 Å². The van der Waals surface area contributed by atoms with Crippen LogP contribution in [0, 0.1) is 11.8 Å². The summed E-state index contributed by atoms with van der Waals surface area (Å²) in [5, 5.41) is 3.51. The third-order valence-electron chi connectivity index (χ3n) is 4.32. The lowest BCUT2D eigenvalue weighted by Gasteiger charge is -2.24. The molecule has 0 spiro atoms. The molecule has 0 saturated carbocycles. The van der Waals surface area contributed by atoms with E-state index >= 15 is 0 Å². The average molecular weight is 246 g/mol. The second-order valence-electron chi connectivity index (χ2n) is 5.56. The number of ether oxygens (including phenoxy) is 1. The van der Waals surface area contributed by atoms with E-state index in [1.165, 1.54) is 38.2 Å². The molecule has 2 fully saturated rings. The van der Waals surface area contributed by atoms with Crippen molar-refractivity contribution < 1.29 is 4.74 Å². The Bertz CT molecular complexity index is 376. The summed E-state index contributed by atoms with van der Waals surface area (Å²) in [6, 6.07) is 8.47. The van der Waals surface area contributed by atoms with Crippen LogP contribution in [0.3, 0.4) is 0 Å². The van der Waals surface area contributed by atoms with Crippen LogP contribution in [0.4, 0.5) is 0 Å². The molecular formula is C15H22N2O. The Morgan fingerprint density at radius 2 is 2.00 bits per heavy atom. The molecule has 0 unspecified atom stereocenters. The molecule has 18 heavy (non-hydrogen) atoms. The minimum atomic E-state index is 0.872. The lowest BCUT2D eigenvalue weighted by molar-refractivity contribution is 0.313. The predicted molar refractivity (Wildman–Crippen MR) is 72.7 cm³/mol. The second-order valence-corrected chi connectivity index (χ2v) is 5.56. The SMILES string of the molecule is COc1ccc(CN2C[C@H]3CCNC[C@@H]3C2)cc1. The van der Waals surface area contributed by atoms with Crippen LogP contribution in [-0.2, 0) is 6.54 Å². The van der Waals surface area contributed by atoms with Gasteiger partial charge in [-0.15, -0.1) is 0 Å². The molecule has 3 nitrogen and oxygen atoms in total. The molecule has 2 atom stereocenters. The van der Waals surface area contributed by atoms with E-state index in [1.807, 2.05) is 0 Å². The Hall–Kier alpha value is -1.06. The molecule has 2 heterocycles. The molecule has 3 rings (SSSR count). The van der Waals surface area contributed by atoms with Crippen LogP contribution < -0.4 is 10.1 Å². The molecule has 0 bridgehead atoms. The molecule has 1 N–H and O–H groups in total. The topological polar surface area (TPSA) is 24.5 Å². The summed E-state index contributed by atoms with van der Waals surface area (Å²) < 4.78 is 5.19. The van der Waals surface area contributed by atoms with Gasteiger partial charge in [0, 0.05) is 19.6 Å². The standard InChI is InChI=1S/C15H22N2O/c1-18-15-4-2-12(3-5-15)9-17-10-13-6-7-16-8-14(13)11-17/h2-5,13-14,16H,6-11H2,1H3/t13-,14-/m1/s1. The molecule has 0 aromatic heterocycles. The summed E-state index contributed by atoms with van der Waals surface area (Å²) in [4.78, 5) is 2.60. The summed E-state index contributed by atoms with van der Waals surface area (Å²) in [5.74, 6) is 2.74. The van der Waals surface area contributed by atoms with Gasteiger partial charge in [0.15, 0.2) is 0 Å². The monoisotopic (exact) mass is 246 g/mol. The summed E-state index contributed by atoms with van der Waals surface area (Å²) in [6.45, 7) is 6.03. The number of rotatable bonds is 3. The van der Waals surface area contributed by atoms with E-state index in [1.54, 1.807) is 7.11 Å².